The molecule has 3 nitrogen and oxygen atoms in total. The molecule has 5 aliphatic carbocycles. The van der Waals surface area contributed by atoms with E-state index in [9.17, 15) is 9.90 Å². The summed E-state index contributed by atoms with van der Waals surface area (Å²) in [6.07, 6.45) is 11.7. The van der Waals surface area contributed by atoms with Crippen molar-refractivity contribution < 1.29 is 14.6 Å². The summed E-state index contributed by atoms with van der Waals surface area (Å²) >= 11 is 0. The number of allylic oxidation sites excluding steroid dienone is 1. The summed E-state index contributed by atoms with van der Waals surface area (Å²) in [7, 11) is 0. The minimum atomic E-state index is -0.444. The molecule has 3 heteroatoms. The number of benzene rings is 1. The van der Waals surface area contributed by atoms with E-state index in [0.29, 0.717) is 18.4 Å². The lowest BCUT2D eigenvalue weighted by Crippen LogP contribution is -2.64. The first kappa shape index (κ1) is 28.5. The number of hydrogen-bond donors (Lipinski definition) is 1. The van der Waals surface area contributed by atoms with Gasteiger partial charge in [-0.3, -0.25) is 4.79 Å². The zero-order valence-electron chi connectivity index (χ0n) is 26.4. The zero-order chi connectivity index (χ0) is 28.8. The summed E-state index contributed by atoms with van der Waals surface area (Å²) in [5.74, 6) is 1.26. The van der Waals surface area contributed by atoms with Crippen molar-refractivity contribution in [2.24, 2.45) is 44.3 Å². The van der Waals surface area contributed by atoms with Gasteiger partial charge in [-0.25, -0.2) is 0 Å². The van der Waals surface area contributed by atoms with Crippen LogP contribution in [-0.2, 0) is 16.1 Å². The van der Waals surface area contributed by atoms with E-state index in [2.05, 4.69) is 60.6 Å². The molecule has 0 aliphatic heterocycles. The predicted molar refractivity (Wildman–Crippen MR) is 161 cm³/mol. The molecule has 0 amide bonds. The summed E-state index contributed by atoms with van der Waals surface area (Å²) in [4.78, 5) is 14.1. The fraction of sp³-hybridized carbons (Fsp3) is 0.757. The Hall–Kier alpha value is -1.61. The number of aliphatic hydroxyl groups excluding tert-OH is 1. The molecule has 1 aromatic carbocycles. The van der Waals surface area contributed by atoms with Crippen LogP contribution < -0.4 is 0 Å². The number of carbonyl (C=O) groups excluding carboxylic acids is 1. The van der Waals surface area contributed by atoms with Crippen molar-refractivity contribution in [3.05, 3.63) is 47.0 Å². The van der Waals surface area contributed by atoms with Gasteiger partial charge in [0.2, 0.25) is 0 Å². The Balaban J connectivity index is 1.38. The van der Waals surface area contributed by atoms with Crippen molar-refractivity contribution >= 4 is 5.97 Å². The van der Waals surface area contributed by atoms with Gasteiger partial charge in [0.05, 0.1) is 11.5 Å². The van der Waals surface area contributed by atoms with Crippen LogP contribution in [0, 0.1) is 44.3 Å². The highest BCUT2D eigenvalue weighted by atomic mass is 16.5. The molecule has 0 unspecified atom stereocenters. The fourth-order valence-corrected chi connectivity index (χ4v) is 11.4. The summed E-state index contributed by atoms with van der Waals surface area (Å²) < 4.78 is 6.16. The maximum absolute atomic E-state index is 14.1. The van der Waals surface area contributed by atoms with E-state index in [-0.39, 0.29) is 39.1 Å². The first-order valence-corrected chi connectivity index (χ1v) is 16.3. The van der Waals surface area contributed by atoms with E-state index < -0.39 is 5.41 Å². The first-order valence-electron chi connectivity index (χ1n) is 16.3. The number of ether oxygens (including phenoxy) is 1. The molecule has 0 saturated heterocycles. The molecule has 1 aromatic rings. The SMILES string of the molecule is CC1(C)CC[C@]2(C(=O)OCc3ccccc3)CC[C@]3(C)C(=C2C1)CC[C@@H]1[C@@]2(C)CC[C@H](O)C(C)(C)[C@@H]2CC[C@]13C. The second-order valence-corrected chi connectivity index (χ2v) is 16.8. The average molecular weight is 547 g/mol. The zero-order valence-corrected chi connectivity index (χ0v) is 26.4. The normalized spacial score (nSPS) is 43.5. The quantitative estimate of drug-likeness (QED) is 0.304. The molecular formula is C37H54O3. The van der Waals surface area contributed by atoms with Crippen LogP contribution in [0.1, 0.15) is 125 Å². The minimum absolute atomic E-state index is 0.0222. The average Bonchev–Trinajstić information content (AvgIpc) is 2.90. The Labute approximate surface area is 243 Å². The molecule has 0 aromatic heterocycles. The number of carbonyl (C=O) groups is 1. The summed E-state index contributed by atoms with van der Waals surface area (Å²) in [6.45, 7) is 17.7. The van der Waals surface area contributed by atoms with Gasteiger partial charge in [0.15, 0.2) is 0 Å². The van der Waals surface area contributed by atoms with E-state index in [4.69, 9.17) is 4.74 Å². The molecule has 4 fully saturated rings. The van der Waals surface area contributed by atoms with Gasteiger partial charge in [-0.05, 0) is 115 Å². The van der Waals surface area contributed by atoms with Crippen LogP contribution in [-0.4, -0.2) is 17.2 Å². The summed E-state index contributed by atoms with van der Waals surface area (Å²) in [5.41, 5.74) is 4.54. The maximum atomic E-state index is 14.1. The second-order valence-electron chi connectivity index (χ2n) is 16.8. The Morgan fingerprint density at radius 3 is 2.25 bits per heavy atom. The molecular weight excluding hydrogens is 492 g/mol. The molecule has 7 atom stereocenters. The number of fused-ring (bicyclic) bond motifs is 6. The van der Waals surface area contributed by atoms with Crippen LogP contribution in [0.3, 0.4) is 0 Å². The van der Waals surface area contributed by atoms with Gasteiger partial charge in [-0.15, -0.1) is 0 Å². The van der Waals surface area contributed by atoms with Crippen molar-refractivity contribution in [1.82, 2.24) is 0 Å². The van der Waals surface area contributed by atoms with Gasteiger partial charge in [0, 0.05) is 0 Å². The standard InChI is InChI=1S/C37H54O3/c1-32(2)19-21-37(31(39)40-24-25-11-9-8-10-12-25)22-20-35(6)26(27(37)23-32)13-14-29-34(5)17-16-30(38)33(3,4)28(34)15-18-36(29,35)7/h8-12,28-30,38H,13-24H2,1-7H3/t28-,29+,30-,34-,35+,36+,37-/m0/s1. The first-order chi connectivity index (χ1) is 18.7. The van der Waals surface area contributed by atoms with Gasteiger partial charge < -0.3 is 9.84 Å². The lowest BCUT2D eigenvalue weighted by molar-refractivity contribution is -0.205. The van der Waals surface area contributed by atoms with Gasteiger partial charge in [0.25, 0.3) is 0 Å². The van der Waals surface area contributed by atoms with Crippen molar-refractivity contribution in [2.45, 2.75) is 132 Å². The smallest absolute Gasteiger partial charge is 0.316 e. The maximum Gasteiger partial charge on any atom is 0.316 e. The lowest BCUT2D eigenvalue weighted by Gasteiger charge is -2.71. The molecule has 1 N–H and O–H groups in total. The van der Waals surface area contributed by atoms with Gasteiger partial charge in [-0.1, -0.05) is 89.9 Å². The Bertz CT molecular complexity index is 1200. The van der Waals surface area contributed by atoms with Gasteiger partial charge >= 0.3 is 5.97 Å². The molecule has 0 bridgehead atoms. The van der Waals surface area contributed by atoms with Gasteiger partial charge in [0.1, 0.15) is 6.61 Å². The molecule has 0 spiro atoms. The lowest BCUT2D eigenvalue weighted by atomic mass is 9.34. The van der Waals surface area contributed by atoms with Crippen LogP contribution in [0.2, 0.25) is 0 Å². The molecule has 5 aliphatic rings. The van der Waals surface area contributed by atoms with E-state index in [1.54, 1.807) is 5.57 Å². The third kappa shape index (κ3) is 3.88. The third-order valence-corrected chi connectivity index (χ3v) is 14.1. The van der Waals surface area contributed by atoms with Crippen LogP contribution in [0.15, 0.2) is 41.5 Å². The van der Waals surface area contributed by atoms with Crippen molar-refractivity contribution in [1.29, 1.82) is 0 Å². The van der Waals surface area contributed by atoms with Gasteiger partial charge in [-0.2, -0.15) is 0 Å². The van der Waals surface area contributed by atoms with Crippen LogP contribution in [0.5, 0.6) is 0 Å². The monoisotopic (exact) mass is 546 g/mol. The largest absolute Gasteiger partial charge is 0.460 e. The number of rotatable bonds is 3. The highest BCUT2D eigenvalue weighted by Crippen LogP contribution is 2.75. The van der Waals surface area contributed by atoms with Crippen molar-refractivity contribution in [3.8, 4) is 0 Å². The van der Waals surface area contributed by atoms with Crippen LogP contribution in [0.4, 0.5) is 0 Å². The number of aliphatic hydroxyl groups is 1. The molecule has 0 radical (unpaired) electrons. The Morgan fingerprint density at radius 2 is 1.52 bits per heavy atom. The van der Waals surface area contributed by atoms with E-state index in [1.165, 1.54) is 24.8 Å². The molecule has 40 heavy (non-hydrogen) atoms. The number of esters is 1. The van der Waals surface area contributed by atoms with Crippen LogP contribution in [0.25, 0.3) is 0 Å². The molecule has 4 saturated carbocycles. The van der Waals surface area contributed by atoms with E-state index in [1.807, 2.05) is 18.2 Å². The molecule has 0 heterocycles. The van der Waals surface area contributed by atoms with E-state index >= 15 is 0 Å². The summed E-state index contributed by atoms with van der Waals surface area (Å²) in [6, 6.07) is 10.2. The minimum Gasteiger partial charge on any atom is -0.460 e. The molecule has 220 valence electrons. The second kappa shape index (κ2) is 9.19. The predicted octanol–water partition coefficient (Wildman–Crippen LogP) is 9.04. The molecule has 6 rings (SSSR count). The highest BCUT2D eigenvalue weighted by molar-refractivity contribution is 5.82. The Morgan fingerprint density at radius 1 is 0.825 bits per heavy atom. The third-order valence-electron chi connectivity index (χ3n) is 14.1. The highest BCUT2D eigenvalue weighted by Gasteiger charge is 2.68. The topological polar surface area (TPSA) is 46.5 Å². The number of hydrogen-bond acceptors (Lipinski definition) is 3. The Kier molecular flexibility index (Phi) is 6.55. The van der Waals surface area contributed by atoms with Crippen LogP contribution >= 0.6 is 0 Å². The van der Waals surface area contributed by atoms with E-state index in [0.717, 1.165) is 56.9 Å². The van der Waals surface area contributed by atoms with Crippen molar-refractivity contribution in [3.63, 3.8) is 0 Å². The summed E-state index contributed by atoms with van der Waals surface area (Å²) in [5, 5.41) is 11.0. The fourth-order valence-electron chi connectivity index (χ4n) is 11.4. The van der Waals surface area contributed by atoms with Crippen molar-refractivity contribution in [2.75, 3.05) is 0 Å².